The molecule has 12 heteroatoms. The minimum absolute atomic E-state index is 0.00313. The number of carbonyl (C=O) groups excluding carboxylic acids is 1. The lowest BCUT2D eigenvalue weighted by molar-refractivity contribution is -0.00641. The molecule has 2 aromatic rings. The van der Waals surface area contributed by atoms with Gasteiger partial charge in [0.25, 0.3) is 12.4 Å². The van der Waals surface area contributed by atoms with Crippen LogP contribution in [0.4, 0.5) is 22.4 Å². The summed E-state index contributed by atoms with van der Waals surface area (Å²) in [5.41, 5.74) is -0.489. The lowest BCUT2D eigenvalue weighted by Crippen LogP contribution is -2.38. The Balaban J connectivity index is 1.59. The van der Waals surface area contributed by atoms with E-state index in [0.717, 1.165) is 0 Å². The zero-order chi connectivity index (χ0) is 24.1. The van der Waals surface area contributed by atoms with Crippen LogP contribution in [-0.2, 0) is 16.5 Å². The van der Waals surface area contributed by atoms with Crippen LogP contribution in [0.3, 0.4) is 0 Å². The van der Waals surface area contributed by atoms with Crippen LogP contribution in [0.25, 0.3) is 11.0 Å². The van der Waals surface area contributed by atoms with Crippen molar-refractivity contribution in [2.75, 3.05) is 20.3 Å². The Bertz CT molecular complexity index is 963. The molecule has 1 amide bonds. The van der Waals surface area contributed by atoms with Gasteiger partial charge in [-0.2, -0.15) is 4.98 Å². The van der Waals surface area contributed by atoms with Gasteiger partial charge in [0.1, 0.15) is 23.7 Å². The van der Waals surface area contributed by atoms with Crippen LogP contribution < -0.4 is 14.8 Å². The third kappa shape index (κ3) is 6.18. The van der Waals surface area contributed by atoms with Gasteiger partial charge in [0.05, 0.1) is 25.9 Å². The van der Waals surface area contributed by atoms with Gasteiger partial charge in [-0.1, -0.05) is 0 Å². The van der Waals surface area contributed by atoms with Crippen molar-refractivity contribution in [2.24, 2.45) is 7.05 Å². The number of alkyl carbamates (subject to hydrolysis) is 1. The van der Waals surface area contributed by atoms with Gasteiger partial charge in [0, 0.05) is 13.1 Å². The molecule has 184 valence electrons. The van der Waals surface area contributed by atoms with Crippen molar-refractivity contribution in [3.05, 3.63) is 17.7 Å². The maximum absolute atomic E-state index is 14.8. The fourth-order valence-corrected chi connectivity index (χ4v) is 3.67. The number of hydrogen-bond acceptors (Lipinski definition) is 6. The number of halogens is 4. The van der Waals surface area contributed by atoms with Gasteiger partial charge in [0.2, 0.25) is 0 Å². The van der Waals surface area contributed by atoms with E-state index in [1.165, 1.54) is 18.7 Å². The highest BCUT2D eigenvalue weighted by molar-refractivity contribution is 5.80. The highest BCUT2D eigenvalue weighted by atomic mass is 19.3. The topological polar surface area (TPSA) is 83.8 Å². The number of rotatable bonds is 9. The normalized spacial score (nSPS) is 19.5. The highest BCUT2D eigenvalue weighted by Crippen LogP contribution is 2.33. The number of ether oxygens (including phenoxy) is 4. The van der Waals surface area contributed by atoms with Crippen LogP contribution in [0.5, 0.6) is 11.8 Å². The number of nitrogens with one attached hydrogen (secondary N) is 1. The van der Waals surface area contributed by atoms with Crippen LogP contribution in [0.2, 0.25) is 0 Å². The van der Waals surface area contributed by atoms with E-state index in [2.05, 4.69) is 19.8 Å². The second-order valence-electron chi connectivity index (χ2n) is 7.91. The summed E-state index contributed by atoms with van der Waals surface area (Å²) in [4.78, 5) is 15.3. The number of amides is 1. The Morgan fingerprint density at radius 2 is 1.88 bits per heavy atom. The number of carbonyl (C=O) groups is 1. The van der Waals surface area contributed by atoms with E-state index >= 15 is 0 Å². The smallest absolute Gasteiger partial charge is 0.407 e. The number of nitrogens with zero attached hydrogens (tertiary/aromatic N) is 2. The third-order valence-electron chi connectivity index (χ3n) is 5.35. The Morgan fingerprint density at radius 3 is 2.52 bits per heavy atom. The standard InChI is InChI=1S/C21H27F4N3O5/c1-11(26-21(29)30-3)9-31-12-4-6-13(7-5-12)33-20-27-18-14(22)8-15(32-10-16(23)24)17(25)19(18)28(20)2/h8,11-13,16H,4-7,9-10H2,1-3H3,(H,26,29)/t11-,12?,13?/m0/s1. The van der Waals surface area contributed by atoms with Crippen LogP contribution >= 0.6 is 0 Å². The second-order valence-corrected chi connectivity index (χ2v) is 7.91. The second kappa shape index (κ2) is 10.9. The number of imidazole rings is 1. The van der Waals surface area contributed by atoms with Gasteiger partial charge in [0.15, 0.2) is 17.4 Å². The number of benzene rings is 1. The van der Waals surface area contributed by atoms with E-state index in [0.29, 0.717) is 38.4 Å². The minimum Gasteiger partial charge on any atom is -0.484 e. The van der Waals surface area contributed by atoms with E-state index in [9.17, 15) is 22.4 Å². The number of alkyl halides is 2. The summed E-state index contributed by atoms with van der Waals surface area (Å²) in [7, 11) is 2.74. The maximum Gasteiger partial charge on any atom is 0.407 e. The molecule has 1 aliphatic rings. The minimum atomic E-state index is -2.82. The quantitative estimate of drug-likeness (QED) is 0.551. The predicted molar refractivity (Wildman–Crippen MR) is 110 cm³/mol. The molecule has 3 rings (SSSR count). The van der Waals surface area contributed by atoms with Gasteiger partial charge in [-0.3, -0.25) is 4.57 Å². The predicted octanol–water partition coefficient (Wildman–Crippen LogP) is 3.95. The number of hydrogen-bond donors (Lipinski definition) is 1. The van der Waals surface area contributed by atoms with E-state index < -0.39 is 36.5 Å². The SMILES string of the molecule is COC(=O)N[C@@H](C)COC1CCC(Oc2nc3c(F)cc(OCC(F)F)c(F)c3n2C)CC1. The molecule has 1 N–H and O–H groups in total. The molecule has 1 aromatic heterocycles. The molecule has 1 fully saturated rings. The number of methoxy groups -OCH3 is 1. The molecular formula is C21H27F4N3O5. The first-order chi connectivity index (χ1) is 15.7. The van der Waals surface area contributed by atoms with E-state index in [4.69, 9.17) is 9.47 Å². The van der Waals surface area contributed by atoms with Crippen molar-refractivity contribution in [1.82, 2.24) is 14.9 Å². The molecule has 0 aliphatic heterocycles. The molecule has 33 heavy (non-hydrogen) atoms. The molecule has 1 heterocycles. The van der Waals surface area contributed by atoms with Gasteiger partial charge >= 0.3 is 6.09 Å². The molecule has 1 saturated carbocycles. The van der Waals surface area contributed by atoms with Crippen LogP contribution in [0.1, 0.15) is 32.6 Å². The highest BCUT2D eigenvalue weighted by Gasteiger charge is 2.27. The molecule has 8 nitrogen and oxygen atoms in total. The van der Waals surface area contributed by atoms with Crippen molar-refractivity contribution in [1.29, 1.82) is 0 Å². The summed E-state index contributed by atoms with van der Waals surface area (Å²) in [5, 5.41) is 2.63. The van der Waals surface area contributed by atoms with Crippen molar-refractivity contribution >= 4 is 17.1 Å². The molecule has 0 radical (unpaired) electrons. The molecule has 0 saturated heterocycles. The molecule has 0 spiro atoms. The van der Waals surface area contributed by atoms with Crippen molar-refractivity contribution in [3.63, 3.8) is 0 Å². The Morgan fingerprint density at radius 1 is 1.21 bits per heavy atom. The summed E-state index contributed by atoms with van der Waals surface area (Å²) in [6.07, 6.45) is -0.891. The van der Waals surface area contributed by atoms with Gasteiger partial charge < -0.3 is 24.3 Å². The van der Waals surface area contributed by atoms with Gasteiger partial charge in [-0.05, 0) is 32.6 Å². The molecule has 1 aliphatic carbocycles. The lowest BCUT2D eigenvalue weighted by Gasteiger charge is -2.29. The van der Waals surface area contributed by atoms with Crippen LogP contribution in [0, 0.1) is 11.6 Å². The number of aromatic nitrogens is 2. The number of fused-ring (bicyclic) bond motifs is 1. The molecular weight excluding hydrogens is 450 g/mol. The largest absolute Gasteiger partial charge is 0.484 e. The first-order valence-corrected chi connectivity index (χ1v) is 10.6. The first kappa shape index (κ1) is 24.9. The number of aryl methyl sites for hydroxylation is 1. The first-order valence-electron chi connectivity index (χ1n) is 10.6. The average molecular weight is 477 g/mol. The third-order valence-corrected chi connectivity index (χ3v) is 5.35. The fraction of sp³-hybridized carbons (Fsp3) is 0.619. The Hall–Kier alpha value is -2.76. The van der Waals surface area contributed by atoms with Crippen molar-refractivity contribution in [2.45, 2.75) is 57.3 Å². The van der Waals surface area contributed by atoms with E-state index in [-0.39, 0.29) is 35.3 Å². The molecule has 0 unspecified atom stereocenters. The molecule has 1 atom stereocenters. The van der Waals surface area contributed by atoms with Crippen molar-refractivity contribution < 1.29 is 41.3 Å². The zero-order valence-electron chi connectivity index (χ0n) is 18.6. The van der Waals surface area contributed by atoms with E-state index in [1.54, 1.807) is 6.92 Å². The summed E-state index contributed by atoms with van der Waals surface area (Å²) in [5.74, 6) is -2.49. The summed E-state index contributed by atoms with van der Waals surface area (Å²) in [6.45, 7) is 1.09. The molecule has 1 aromatic carbocycles. The zero-order valence-corrected chi connectivity index (χ0v) is 18.6. The summed E-state index contributed by atoms with van der Waals surface area (Å²) < 4.78 is 76.1. The summed E-state index contributed by atoms with van der Waals surface area (Å²) >= 11 is 0. The lowest BCUT2D eigenvalue weighted by atomic mass is 9.95. The fourth-order valence-electron chi connectivity index (χ4n) is 3.67. The monoisotopic (exact) mass is 477 g/mol. The Labute approximate surface area is 188 Å². The summed E-state index contributed by atoms with van der Waals surface area (Å²) in [6, 6.07) is 0.523. The van der Waals surface area contributed by atoms with Gasteiger partial charge in [-0.15, -0.1) is 0 Å². The van der Waals surface area contributed by atoms with Crippen LogP contribution in [-0.4, -0.2) is 60.6 Å². The van der Waals surface area contributed by atoms with E-state index in [1.807, 2.05) is 0 Å². The van der Waals surface area contributed by atoms with Crippen molar-refractivity contribution in [3.8, 4) is 11.8 Å². The maximum atomic E-state index is 14.8. The Kier molecular flexibility index (Phi) is 8.22. The van der Waals surface area contributed by atoms with Crippen LogP contribution in [0.15, 0.2) is 6.07 Å². The van der Waals surface area contributed by atoms with Gasteiger partial charge in [-0.25, -0.2) is 22.4 Å². The average Bonchev–Trinajstić information content (AvgIpc) is 3.11. The molecule has 0 bridgehead atoms.